The zero-order valence-corrected chi connectivity index (χ0v) is 10.8. The van der Waals surface area contributed by atoms with Gasteiger partial charge in [-0.2, -0.15) is 0 Å². The number of carboxylic acids is 1. The molecule has 0 rings (SSSR count). The second kappa shape index (κ2) is 10.3. The van der Waals surface area contributed by atoms with Crippen molar-refractivity contribution < 1.29 is 14.7 Å². The van der Waals surface area contributed by atoms with Crippen LogP contribution in [-0.4, -0.2) is 23.4 Å². The highest BCUT2D eigenvalue weighted by molar-refractivity contribution is 5.98. The molecule has 0 saturated carbocycles. The largest absolute Gasteiger partial charge is 0.481 e. The molecular formula is C13H25NO3. The van der Waals surface area contributed by atoms with Crippen molar-refractivity contribution in [2.24, 2.45) is 11.7 Å². The normalized spacial score (nSPS) is 12.4. The molecule has 17 heavy (non-hydrogen) atoms. The highest BCUT2D eigenvalue weighted by Crippen LogP contribution is 2.14. The van der Waals surface area contributed by atoms with E-state index in [1.54, 1.807) is 0 Å². The van der Waals surface area contributed by atoms with Crippen molar-refractivity contribution >= 4 is 11.8 Å². The lowest BCUT2D eigenvalue weighted by Gasteiger charge is -2.10. The second-order valence-corrected chi connectivity index (χ2v) is 4.45. The molecule has 0 fully saturated rings. The summed E-state index contributed by atoms with van der Waals surface area (Å²) in [4.78, 5) is 22.7. The van der Waals surface area contributed by atoms with E-state index < -0.39 is 11.9 Å². The number of aliphatic carboxylic acids is 1. The van der Waals surface area contributed by atoms with Crippen LogP contribution in [0.1, 0.15) is 58.3 Å². The summed E-state index contributed by atoms with van der Waals surface area (Å²) in [5.74, 6) is -1.92. The number of hydrogen-bond acceptors (Lipinski definition) is 3. The lowest BCUT2D eigenvalue weighted by molar-refractivity contribution is -0.146. The number of carbonyl (C=O) groups excluding carboxylic acids is 1. The van der Waals surface area contributed by atoms with Crippen molar-refractivity contribution in [2.75, 3.05) is 6.54 Å². The molecular weight excluding hydrogens is 218 g/mol. The predicted octanol–water partition coefficient (Wildman–Crippen LogP) is 2.36. The standard InChI is InChI=1S/C13H25NO3/c1-2-3-4-5-9-12(15)11(13(16)17)8-6-7-10-14/h11H,2-10,14H2,1H3,(H,16,17). The molecule has 1 atom stereocenters. The van der Waals surface area contributed by atoms with Gasteiger partial charge in [-0.05, 0) is 25.8 Å². The number of carboxylic acid groups (broad SMARTS) is 1. The third-order valence-corrected chi connectivity index (χ3v) is 2.91. The van der Waals surface area contributed by atoms with Crippen molar-refractivity contribution in [2.45, 2.75) is 58.3 Å². The van der Waals surface area contributed by atoms with E-state index >= 15 is 0 Å². The highest BCUT2D eigenvalue weighted by atomic mass is 16.4. The Balaban J connectivity index is 3.93. The number of carbonyl (C=O) groups is 2. The van der Waals surface area contributed by atoms with Crippen molar-refractivity contribution in [3.8, 4) is 0 Å². The van der Waals surface area contributed by atoms with Gasteiger partial charge in [-0.1, -0.05) is 32.6 Å². The van der Waals surface area contributed by atoms with Crippen molar-refractivity contribution in [1.82, 2.24) is 0 Å². The zero-order valence-electron chi connectivity index (χ0n) is 10.8. The van der Waals surface area contributed by atoms with Crippen LogP contribution in [0.25, 0.3) is 0 Å². The van der Waals surface area contributed by atoms with Crippen LogP contribution >= 0.6 is 0 Å². The van der Waals surface area contributed by atoms with E-state index in [1.807, 2.05) is 0 Å². The van der Waals surface area contributed by atoms with Gasteiger partial charge in [0.2, 0.25) is 0 Å². The maximum Gasteiger partial charge on any atom is 0.314 e. The van der Waals surface area contributed by atoms with Gasteiger partial charge in [0.15, 0.2) is 0 Å². The van der Waals surface area contributed by atoms with Crippen LogP contribution in [0.15, 0.2) is 0 Å². The first-order valence-electron chi connectivity index (χ1n) is 6.59. The molecule has 0 saturated heterocycles. The quantitative estimate of drug-likeness (QED) is 0.431. The summed E-state index contributed by atoms with van der Waals surface area (Å²) >= 11 is 0. The first-order valence-corrected chi connectivity index (χ1v) is 6.59. The van der Waals surface area contributed by atoms with Gasteiger partial charge in [0.05, 0.1) is 0 Å². The number of unbranched alkanes of at least 4 members (excludes halogenated alkanes) is 4. The summed E-state index contributed by atoms with van der Waals surface area (Å²) in [7, 11) is 0. The number of ketones is 1. The minimum atomic E-state index is -0.984. The number of rotatable bonds is 11. The fourth-order valence-corrected chi connectivity index (χ4v) is 1.82. The molecule has 3 N–H and O–H groups in total. The van der Waals surface area contributed by atoms with Gasteiger partial charge in [0.1, 0.15) is 11.7 Å². The molecule has 0 aromatic rings. The molecule has 0 aliphatic rings. The van der Waals surface area contributed by atoms with E-state index in [1.165, 1.54) is 0 Å². The molecule has 0 heterocycles. The first-order chi connectivity index (χ1) is 8.13. The Bertz CT molecular complexity index is 229. The molecule has 100 valence electrons. The Kier molecular flexibility index (Phi) is 9.72. The van der Waals surface area contributed by atoms with E-state index in [-0.39, 0.29) is 5.78 Å². The fraction of sp³-hybridized carbons (Fsp3) is 0.846. The first kappa shape index (κ1) is 16.1. The smallest absolute Gasteiger partial charge is 0.314 e. The van der Waals surface area contributed by atoms with Crippen LogP contribution in [-0.2, 0) is 9.59 Å². The lowest BCUT2D eigenvalue weighted by atomic mass is 9.94. The SMILES string of the molecule is CCCCCCC(=O)C(CCCCN)C(=O)O. The van der Waals surface area contributed by atoms with E-state index in [9.17, 15) is 9.59 Å². The van der Waals surface area contributed by atoms with Crippen LogP contribution in [0.5, 0.6) is 0 Å². The van der Waals surface area contributed by atoms with Crippen molar-refractivity contribution in [3.63, 3.8) is 0 Å². The Labute approximate surface area is 104 Å². The van der Waals surface area contributed by atoms with Gasteiger partial charge < -0.3 is 10.8 Å². The predicted molar refractivity (Wildman–Crippen MR) is 67.8 cm³/mol. The maximum absolute atomic E-state index is 11.7. The summed E-state index contributed by atoms with van der Waals surface area (Å²) < 4.78 is 0. The van der Waals surface area contributed by atoms with Crippen molar-refractivity contribution in [1.29, 1.82) is 0 Å². The molecule has 0 radical (unpaired) electrons. The van der Waals surface area contributed by atoms with Crippen LogP contribution < -0.4 is 5.73 Å². The zero-order chi connectivity index (χ0) is 13.1. The minimum Gasteiger partial charge on any atom is -0.481 e. The summed E-state index contributed by atoms with van der Waals surface area (Å²) in [6.45, 7) is 2.66. The molecule has 0 aromatic heterocycles. The summed E-state index contributed by atoms with van der Waals surface area (Å²) in [6, 6.07) is 0. The topological polar surface area (TPSA) is 80.4 Å². The lowest BCUT2D eigenvalue weighted by Crippen LogP contribution is -2.24. The molecule has 4 heteroatoms. The molecule has 0 aliphatic heterocycles. The van der Waals surface area contributed by atoms with Crippen molar-refractivity contribution in [3.05, 3.63) is 0 Å². The Morgan fingerprint density at radius 3 is 2.35 bits per heavy atom. The average molecular weight is 243 g/mol. The molecule has 4 nitrogen and oxygen atoms in total. The van der Waals surface area contributed by atoms with Gasteiger partial charge in [0, 0.05) is 6.42 Å². The molecule has 0 bridgehead atoms. The Morgan fingerprint density at radius 2 is 1.82 bits per heavy atom. The van der Waals surface area contributed by atoms with Gasteiger partial charge in [-0.25, -0.2) is 0 Å². The van der Waals surface area contributed by atoms with Crippen LogP contribution in [0, 0.1) is 5.92 Å². The molecule has 1 unspecified atom stereocenters. The van der Waals surface area contributed by atoms with Gasteiger partial charge in [0.25, 0.3) is 0 Å². The number of nitrogens with two attached hydrogens (primary N) is 1. The maximum atomic E-state index is 11.7. The number of hydrogen-bond donors (Lipinski definition) is 2. The minimum absolute atomic E-state index is 0.120. The molecule has 0 aliphatic carbocycles. The van der Waals surface area contributed by atoms with E-state index in [2.05, 4.69) is 6.92 Å². The second-order valence-electron chi connectivity index (χ2n) is 4.45. The number of Topliss-reactive ketones (excluding diaryl/α,β-unsaturated/α-hetero) is 1. The van der Waals surface area contributed by atoms with Crippen LogP contribution in [0.3, 0.4) is 0 Å². The monoisotopic (exact) mass is 243 g/mol. The Morgan fingerprint density at radius 1 is 1.12 bits per heavy atom. The summed E-state index contributed by atoms with van der Waals surface area (Å²) in [5.41, 5.74) is 5.35. The molecule has 0 aromatic carbocycles. The van der Waals surface area contributed by atoms with Crippen LogP contribution in [0.2, 0.25) is 0 Å². The summed E-state index contributed by atoms with van der Waals surface area (Å²) in [5, 5.41) is 8.99. The Hall–Kier alpha value is -0.900. The summed E-state index contributed by atoms with van der Waals surface area (Å²) in [6.07, 6.45) is 6.38. The molecule has 0 amide bonds. The van der Waals surface area contributed by atoms with E-state index in [0.29, 0.717) is 25.8 Å². The van der Waals surface area contributed by atoms with Gasteiger partial charge in [-0.15, -0.1) is 0 Å². The third-order valence-electron chi connectivity index (χ3n) is 2.91. The van der Waals surface area contributed by atoms with E-state index in [0.717, 1.165) is 32.1 Å². The third kappa shape index (κ3) is 7.91. The van der Waals surface area contributed by atoms with Crippen LogP contribution in [0.4, 0.5) is 0 Å². The highest BCUT2D eigenvalue weighted by Gasteiger charge is 2.24. The molecule has 0 spiro atoms. The van der Waals surface area contributed by atoms with E-state index in [4.69, 9.17) is 10.8 Å². The van der Waals surface area contributed by atoms with Gasteiger partial charge in [-0.3, -0.25) is 9.59 Å². The average Bonchev–Trinajstić information content (AvgIpc) is 2.29. The van der Waals surface area contributed by atoms with Gasteiger partial charge >= 0.3 is 5.97 Å². The fourth-order valence-electron chi connectivity index (χ4n) is 1.82.